The molecular weight excluding hydrogens is 220 g/mol. The second-order valence-electron chi connectivity index (χ2n) is 4.59. The summed E-state index contributed by atoms with van der Waals surface area (Å²) in [4.78, 5) is 24.2. The Morgan fingerprint density at radius 3 is 2.76 bits per heavy atom. The first-order valence-corrected chi connectivity index (χ1v) is 5.89. The average molecular weight is 240 g/mol. The third-order valence-corrected chi connectivity index (χ3v) is 2.82. The van der Waals surface area contributed by atoms with Gasteiger partial charge in [-0.2, -0.15) is 0 Å². The van der Waals surface area contributed by atoms with Crippen LogP contribution in [0.2, 0.25) is 0 Å². The van der Waals surface area contributed by atoms with Gasteiger partial charge in [0.15, 0.2) is 0 Å². The van der Waals surface area contributed by atoms with Crippen molar-refractivity contribution >= 4 is 12.0 Å². The van der Waals surface area contributed by atoms with Gasteiger partial charge in [0.25, 0.3) is 0 Å². The van der Waals surface area contributed by atoms with Crippen LogP contribution in [0.5, 0.6) is 0 Å². The Balaban J connectivity index is 2.41. The number of urea groups is 1. The van der Waals surface area contributed by atoms with Crippen LogP contribution in [0.15, 0.2) is 11.6 Å². The number of aliphatic carboxylic acids is 1. The van der Waals surface area contributed by atoms with E-state index >= 15 is 0 Å². The van der Waals surface area contributed by atoms with Crippen molar-refractivity contribution in [1.82, 2.24) is 10.2 Å². The molecule has 0 aromatic rings. The SMILES string of the molecule is CC(C)=CCNC(=O)N1CCC[C@H](C(=O)O)C1. The van der Waals surface area contributed by atoms with Crippen LogP contribution < -0.4 is 5.32 Å². The Labute approximate surface area is 101 Å². The van der Waals surface area contributed by atoms with Crippen LogP contribution in [-0.4, -0.2) is 41.6 Å². The van der Waals surface area contributed by atoms with Crippen LogP contribution in [0.4, 0.5) is 4.79 Å². The zero-order valence-corrected chi connectivity index (χ0v) is 10.4. The quantitative estimate of drug-likeness (QED) is 0.734. The van der Waals surface area contributed by atoms with Crippen LogP contribution in [0.25, 0.3) is 0 Å². The maximum atomic E-state index is 11.7. The topological polar surface area (TPSA) is 69.6 Å². The Bertz CT molecular complexity index is 322. The molecule has 0 saturated carbocycles. The third-order valence-electron chi connectivity index (χ3n) is 2.82. The van der Waals surface area contributed by atoms with Crippen LogP contribution in [0, 0.1) is 5.92 Å². The molecule has 1 heterocycles. The third kappa shape index (κ3) is 4.46. The molecule has 17 heavy (non-hydrogen) atoms. The lowest BCUT2D eigenvalue weighted by molar-refractivity contribution is -0.143. The molecule has 1 aliphatic heterocycles. The van der Waals surface area contributed by atoms with E-state index in [0.29, 0.717) is 26.1 Å². The van der Waals surface area contributed by atoms with Gasteiger partial charge in [0.1, 0.15) is 0 Å². The maximum absolute atomic E-state index is 11.7. The molecule has 96 valence electrons. The van der Waals surface area contributed by atoms with Gasteiger partial charge in [-0.15, -0.1) is 0 Å². The lowest BCUT2D eigenvalue weighted by Gasteiger charge is -2.30. The molecule has 5 heteroatoms. The maximum Gasteiger partial charge on any atom is 0.317 e. The number of hydrogen-bond donors (Lipinski definition) is 2. The number of carboxylic acid groups (broad SMARTS) is 1. The normalized spacial score (nSPS) is 19.6. The molecule has 0 unspecified atom stereocenters. The van der Waals surface area contributed by atoms with Crippen LogP contribution in [0.1, 0.15) is 26.7 Å². The van der Waals surface area contributed by atoms with Crippen molar-refractivity contribution in [3.8, 4) is 0 Å². The van der Waals surface area contributed by atoms with Gasteiger partial charge in [-0.05, 0) is 26.7 Å². The summed E-state index contributed by atoms with van der Waals surface area (Å²) in [7, 11) is 0. The number of amides is 2. The van der Waals surface area contributed by atoms with Crippen molar-refractivity contribution in [3.05, 3.63) is 11.6 Å². The number of nitrogens with zero attached hydrogens (tertiary/aromatic N) is 1. The molecule has 5 nitrogen and oxygen atoms in total. The Hall–Kier alpha value is -1.52. The van der Waals surface area contributed by atoms with E-state index < -0.39 is 11.9 Å². The van der Waals surface area contributed by atoms with Crippen molar-refractivity contribution < 1.29 is 14.7 Å². The van der Waals surface area contributed by atoms with Crippen molar-refractivity contribution in [3.63, 3.8) is 0 Å². The molecule has 0 bridgehead atoms. The number of hydrogen-bond acceptors (Lipinski definition) is 2. The monoisotopic (exact) mass is 240 g/mol. The highest BCUT2D eigenvalue weighted by molar-refractivity contribution is 5.76. The van der Waals surface area contributed by atoms with Crippen molar-refractivity contribution in [2.45, 2.75) is 26.7 Å². The summed E-state index contributed by atoms with van der Waals surface area (Å²) in [5.74, 6) is -1.23. The zero-order valence-electron chi connectivity index (χ0n) is 10.4. The van der Waals surface area contributed by atoms with Gasteiger partial charge in [-0.1, -0.05) is 11.6 Å². The molecule has 0 spiro atoms. The first-order valence-electron chi connectivity index (χ1n) is 5.89. The van der Waals surface area contributed by atoms with Gasteiger partial charge < -0.3 is 15.3 Å². The summed E-state index contributed by atoms with van der Waals surface area (Å²) in [5.41, 5.74) is 1.15. The zero-order chi connectivity index (χ0) is 12.8. The summed E-state index contributed by atoms with van der Waals surface area (Å²) in [6.45, 7) is 5.39. The fourth-order valence-corrected chi connectivity index (χ4v) is 1.82. The number of carboxylic acids is 1. The highest BCUT2D eigenvalue weighted by Crippen LogP contribution is 2.16. The largest absolute Gasteiger partial charge is 0.481 e. The highest BCUT2D eigenvalue weighted by atomic mass is 16.4. The average Bonchev–Trinajstić information content (AvgIpc) is 2.28. The van der Waals surface area contributed by atoms with E-state index in [1.807, 2.05) is 19.9 Å². The molecule has 2 amide bonds. The molecule has 0 radical (unpaired) electrons. The summed E-state index contributed by atoms with van der Waals surface area (Å²) < 4.78 is 0. The number of piperidine rings is 1. The minimum atomic E-state index is -0.813. The molecule has 0 aromatic heterocycles. The lowest BCUT2D eigenvalue weighted by atomic mass is 9.99. The first-order chi connectivity index (χ1) is 8.00. The molecule has 1 saturated heterocycles. The van der Waals surface area contributed by atoms with Gasteiger partial charge in [0, 0.05) is 19.6 Å². The van der Waals surface area contributed by atoms with Gasteiger partial charge in [0.2, 0.25) is 0 Å². The number of carbonyl (C=O) groups is 2. The van der Waals surface area contributed by atoms with E-state index in [0.717, 1.165) is 12.0 Å². The summed E-state index contributed by atoms with van der Waals surface area (Å²) in [5, 5.41) is 11.7. The fraction of sp³-hybridized carbons (Fsp3) is 0.667. The molecule has 0 aliphatic carbocycles. The summed E-state index contributed by atoms with van der Waals surface area (Å²) >= 11 is 0. The smallest absolute Gasteiger partial charge is 0.317 e. The van der Waals surface area contributed by atoms with E-state index in [4.69, 9.17) is 5.11 Å². The minimum Gasteiger partial charge on any atom is -0.481 e. The van der Waals surface area contributed by atoms with Crippen molar-refractivity contribution in [2.24, 2.45) is 5.92 Å². The van der Waals surface area contributed by atoms with E-state index in [1.165, 1.54) is 0 Å². The number of rotatable bonds is 3. The van der Waals surface area contributed by atoms with Gasteiger partial charge >= 0.3 is 12.0 Å². The Morgan fingerprint density at radius 2 is 2.18 bits per heavy atom. The number of carbonyl (C=O) groups excluding carboxylic acids is 1. The predicted molar refractivity (Wildman–Crippen MR) is 64.8 cm³/mol. The lowest BCUT2D eigenvalue weighted by Crippen LogP contribution is -2.47. The highest BCUT2D eigenvalue weighted by Gasteiger charge is 2.27. The second kappa shape index (κ2) is 6.27. The molecule has 1 atom stereocenters. The Kier molecular flexibility index (Phi) is 5.00. The molecule has 1 rings (SSSR count). The van der Waals surface area contributed by atoms with Crippen LogP contribution in [-0.2, 0) is 4.79 Å². The van der Waals surface area contributed by atoms with Crippen molar-refractivity contribution in [1.29, 1.82) is 0 Å². The van der Waals surface area contributed by atoms with Crippen molar-refractivity contribution in [2.75, 3.05) is 19.6 Å². The summed E-state index contributed by atoms with van der Waals surface area (Å²) in [6, 6.07) is -0.173. The minimum absolute atomic E-state index is 0.173. The molecule has 1 fully saturated rings. The second-order valence-corrected chi connectivity index (χ2v) is 4.59. The molecule has 2 N–H and O–H groups in total. The number of likely N-dealkylation sites (tertiary alicyclic amines) is 1. The van der Waals surface area contributed by atoms with Crippen LogP contribution in [0.3, 0.4) is 0 Å². The van der Waals surface area contributed by atoms with E-state index in [-0.39, 0.29) is 6.03 Å². The van der Waals surface area contributed by atoms with Crippen LogP contribution >= 0.6 is 0 Å². The summed E-state index contributed by atoms with van der Waals surface area (Å²) in [6.07, 6.45) is 3.34. The number of allylic oxidation sites excluding steroid dienone is 1. The first kappa shape index (κ1) is 13.5. The molecular formula is C12H20N2O3. The molecule has 0 aromatic carbocycles. The Morgan fingerprint density at radius 1 is 1.47 bits per heavy atom. The fourth-order valence-electron chi connectivity index (χ4n) is 1.82. The standard InChI is InChI=1S/C12H20N2O3/c1-9(2)5-6-13-12(17)14-7-3-4-10(8-14)11(15)16/h5,10H,3-4,6-8H2,1-2H3,(H,13,17)(H,15,16)/t10-/m0/s1. The number of nitrogens with one attached hydrogen (secondary N) is 1. The predicted octanol–water partition coefficient (Wildman–Crippen LogP) is 1.46. The van der Waals surface area contributed by atoms with Gasteiger partial charge in [0.05, 0.1) is 5.92 Å². The van der Waals surface area contributed by atoms with Gasteiger partial charge in [-0.3, -0.25) is 4.79 Å². The van der Waals surface area contributed by atoms with E-state index in [1.54, 1.807) is 4.90 Å². The van der Waals surface area contributed by atoms with E-state index in [2.05, 4.69) is 5.32 Å². The van der Waals surface area contributed by atoms with Gasteiger partial charge in [-0.25, -0.2) is 4.79 Å². The molecule has 1 aliphatic rings. The van der Waals surface area contributed by atoms with E-state index in [9.17, 15) is 9.59 Å².